The lowest BCUT2D eigenvalue weighted by Gasteiger charge is -1.97. The van der Waals surface area contributed by atoms with E-state index in [2.05, 4.69) is 19.7 Å². The third-order valence-corrected chi connectivity index (χ3v) is 2.86. The molecule has 1 rings (SSSR count). The number of hydrogen-bond donors (Lipinski definition) is 2. The number of aromatic nitrogens is 1. The molecule has 0 atom stereocenters. The van der Waals surface area contributed by atoms with E-state index in [9.17, 15) is 13.2 Å². The van der Waals surface area contributed by atoms with Crippen molar-refractivity contribution in [2.24, 2.45) is 5.16 Å². The minimum atomic E-state index is -3.44. The molecule has 0 spiro atoms. The molecule has 0 saturated carbocycles. The number of anilines is 1. The lowest BCUT2D eigenvalue weighted by atomic mass is 10.3. The number of hydrogen-bond acceptors (Lipinski definition) is 7. The summed E-state index contributed by atoms with van der Waals surface area (Å²) in [4.78, 5) is 18.9. The molecule has 10 heteroatoms. The summed E-state index contributed by atoms with van der Waals surface area (Å²) >= 11 is 0.947. The Morgan fingerprint density at radius 2 is 2.29 bits per heavy atom. The van der Waals surface area contributed by atoms with Crippen LogP contribution in [0.5, 0.6) is 0 Å². The molecule has 0 saturated heterocycles. The van der Waals surface area contributed by atoms with Gasteiger partial charge < -0.3 is 9.94 Å². The molecular formula is C7H9N3O5S2. The molecule has 2 N–H and O–H groups in total. The van der Waals surface area contributed by atoms with Gasteiger partial charge in [-0.3, -0.25) is 4.72 Å². The van der Waals surface area contributed by atoms with E-state index in [-0.39, 0.29) is 10.8 Å². The molecule has 1 heterocycles. The summed E-state index contributed by atoms with van der Waals surface area (Å²) in [6, 6.07) is 0. The minimum absolute atomic E-state index is 0.0236. The van der Waals surface area contributed by atoms with Crippen molar-refractivity contribution in [2.75, 3.05) is 18.1 Å². The Hall–Kier alpha value is -1.68. The molecule has 0 aromatic carbocycles. The third kappa shape index (κ3) is 4.00. The summed E-state index contributed by atoms with van der Waals surface area (Å²) < 4.78 is 24.0. The topological polar surface area (TPSA) is 118 Å². The summed E-state index contributed by atoms with van der Waals surface area (Å²) in [5, 5.41) is 13.5. The second kappa shape index (κ2) is 5.10. The SMILES string of the molecule is CON=C(C(=O)O)c1csc(NS(C)(=O)=O)n1. The Kier molecular flexibility index (Phi) is 4.02. The number of oxime groups is 1. The van der Waals surface area contributed by atoms with E-state index in [0.717, 1.165) is 17.6 Å². The van der Waals surface area contributed by atoms with Crippen LogP contribution in [0.3, 0.4) is 0 Å². The first-order valence-electron chi connectivity index (χ1n) is 4.11. The molecule has 94 valence electrons. The molecule has 17 heavy (non-hydrogen) atoms. The van der Waals surface area contributed by atoms with Crippen molar-refractivity contribution >= 4 is 38.2 Å². The van der Waals surface area contributed by atoms with Crippen LogP contribution in [-0.4, -0.2) is 43.6 Å². The van der Waals surface area contributed by atoms with Crippen LogP contribution in [0.15, 0.2) is 10.5 Å². The van der Waals surface area contributed by atoms with Crippen LogP contribution in [-0.2, 0) is 19.7 Å². The van der Waals surface area contributed by atoms with Crippen molar-refractivity contribution in [1.82, 2.24) is 4.98 Å². The Morgan fingerprint density at radius 3 is 2.76 bits per heavy atom. The molecule has 0 aliphatic heterocycles. The van der Waals surface area contributed by atoms with Gasteiger partial charge in [0.25, 0.3) is 0 Å². The van der Waals surface area contributed by atoms with Crippen molar-refractivity contribution in [3.63, 3.8) is 0 Å². The summed E-state index contributed by atoms with van der Waals surface area (Å²) in [5.41, 5.74) is -0.374. The highest BCUT2D eigenvalue weighted by Gasteiger charge is 2.18. The van der Waals surface area contributed by atoms with Crippen molar-refractivity contribution in [3.8, 4) is 0 Å². The first kappa shape index (κ1) is 13.4. The van der Waals surface area contributed by atoms with Crippen LogP contribution >= 0.6 is 11.3 Å². The largest absolute Gasteiger partial charge is 0.476 e. The van der Waals surface area contributed by atoms with Gasteiger partial charge in [0, 0.05) is 5.38 Å². The van der Waals surface area contributed by atoms with Crippen molar-refractivity contribution in [3.05, 3.63) is 11.1 Å². The normalized spacial score (nSPS) is 12.2. The van der Waals surface area contributed by atoms with E-state index in [4.69, 9.17) is 5.11 Å². The monoisotopic (exact) mass is 279 g/mol. The predicted molar refractivity (Wildman–Crippen MR) is 61.8 cm³/mol. The van der Waals surface area contributed by atoms with Gasteiger partial charge >= 0.3 is 5.97 Å². The zero-order valence-electron chi connectivity index (χ0n) is 8.87. The summed E-state index contributed by atoms with van der Waals surface area (Å²) in [7, 11) is -2.24. The first-order valence-corrected chi connectivity index (χ1v) is 6.88. The van der Waals surface area contributed by atoms with E-state index in [0.29, 0.717) is 0 Å². The van der Waals surface area contributed by atoms with Gasteiger partial charge in [0.1, 0.15) is 12.8 Å². The number of thiazole rings is 1. The van der Waals surface area contributed by atoms with Gasteiger partial charge in [0.15, 0.2) is 5.13 Å². The first-order chi connectivity index (χ1) is 7.83. The highest BCUT2D eigenvalue weighted by atomic mass is 32.2. The van der Waals surface area contributed by atoms with Crippen LogP contribution in [0, 0.1) is 0 Å². The fraction of sp³-hybridized carbons (Fsp3) is 0.286. The Labute approximate surface area is 101 Å². The molecular weight excluding hydrogens is 270 g/mol. The van der Waals surface area contributed by atoms with E-state index < -0.39 is 21.7 Å². The van der Waals surface area contributed by atoms with Gasteiger partial charge in [-0.25, -0.2) is 18.2 Å². The summed E-state index contributed by atoms with van der Waals surface area (Å²) in [5.74, 6) is -1.32. The summed E-state index contributed by atoms with van der Waals surface area (Å²) in [6.07, 6.45) is 0.968. The standard InChI is InChI=1S/C7H9N3O5S2/c1-15-9-5(6(11)12)4-3-16-7(8-4)10-17(2,13)14/h3H,1-2H3,(H,8,10)(H,11,12). The molecule has 0 amide bonds. The van der Waals surface area contributed by atoms with Crippen molar-refractivity contribution < 1.29 is 23.2 Å². The van der Waals surface area contributed by atoms with Gasteiger partial charge in [-0.2, -0.15) is 0 Å². The zero-order chi connectivity index (χ0) is 13.1. The fourth-order valence-corrected chi connectivity index (χ4v) is 2.42. The molecule has 0 radical (unpaired) electrons. The number of carboxylic acid groups (broad SMARTS) is 1. The van der Waals surface area contributed by atoms with Crippen LogP contribution in [0.2, 0.25) is 0 Å². The van der Waals surface area contributed by atoms with E-state index in [1.165, 1.54) is 12.5 Å². The second-order valence-corrected chi connectivity index (χ2v) is 5.45. The van der Waals surface area contributed by atoms with Crippen LogP contribution in [0.1, 0.15) is 5.69 Å². The zero-order valence-corrected chi connectivity index (χ0v) is 10.5. The average molecular weight is 279 g/mol. The maximum atomic E-state index is 10.9. The molecule has 8 nitrogen and oxygen atoms in total. The number of carboxylic acids is 1. The molecule has 1 aromatic heterocycles. The molecule has 0 aliphatic carbocycles. The van der Waals surface area contributed by atoms with Gasteiger partial charge in [0.05, 0.1) is 6.26 Å². The van der Waals surface area contributed by atoms with E-state index >= 15 is 0 Å². The number of sulfonamides is 1. The third-order valence-electron chi connectivity index (χ3n) is 1.40. The average Bonchev–Trinajstić information content (AvgIpc) is 2.59. The van der Waals surface area contributed by atoms with Gasteiger partial charge in [-0.05, 0) is 0 Å². The Morgan fingerprint density at radius 1 is 1.65 bits per heavy atom. The quantitative estimate of drug-likeness (QED) is 0.576. The van der Waals surface area contributed by atoms with Crippen molar-refractivity contribution in [1.29, 1.82) is 0 Å². The molecule has 0 bridgehead atoms. The lowest BCUT2D eigenvalue weighted by Crippen LogP contribution is -2.16. The Bertz CT molecular complexity index is 548. The lowest BCUT2D eigenvalue weighted by molar-refractivity contribution is -0.129. The Balaban J connectivity index is 3.01. The number of nitrogens with zero attached hydrogens (tertiary/aromatic N) is 2. The summed E-state index contributed by atoms with van der Waals surface area (Å²) in [6.45, 7) is 0. The highest BCUT2D eigenvalue weighted by molar-refractivity contribution is 7.92. The number of aliphatic carboxylic acids is 1. The van der Waals surface area contributed by atoms with Crippen LogP contribution < -0.4 is 4.72 Å². The van der Waals surface area contributed by atoms with Gasteiger partial charge in [0.2, 0.25) is 15.7 Å². The van der Waals surface area contributed by atoms with Crippen LogP contribution in [0.4, 0.5) is 5.13 Å². The molecule has 1 aromatic rings. The minimum Gasteiger partial charge on any atom is -0.476 e. The van der Waals surface area contributed by atoms with Gasteiger partial charge in [-0.1, -0.05) is 5.16 Å². The fourth-order valence-electron chi connectivity index (χ4n) is 0.875. The van der Waals surface area contributed by atoms with E-state index in [1.54, 1.807) is 0 Å². The van der Waals surface area contributed by atoms with Crippen molar-refractivity contribution in [2.45, 2.75) is 0 Å². The molecule has 0 fully saturated rings. The maximum Gasteiger partial charge on any atom is 0.360 e. The highest BCUT2D eigenvalue weighted by Crippen LogP contribution is 2.17. The predicted octanol–water partition coefficient (Wildman–Crippen LogP) is -0.0503. The number of carbonyl (C=O) groups is 1. The molecule has 0 unspecified atom stereocenters. The maximum absolute atomic E-state index is 10.9. The van der Waals surface area contributed by atoms with Crippen LogP contribution in [0.25, 0.3) is 0 Å². The molecule has 0 aliphatic rings. The smallest absolute Gasteiger partial charge is 0.360 e. The number of rotatable bonds is 5. The second-order valence-electron chi connectivity index (χ2n) is 2.84. The van der Waals surface area contributed by atoms with E-state index in [1.807, 2.05) is 0 Å². The number of nitrogens with one attached hydrogen (secondary N) is 1. The van der Waals surface area contributed by atoms with Gasteiger partial charge in [-0.15, -0.1) is 11.3 Å².